The molecule has 0 fully saturated rings. The predicted octanol–water partition coefficient (Wildman–Crippen LogP) is 7.21. The summed E-state index contributed by atoms with van der Waals surface area (Å²) in [5, 5.41) is 3.75. The molecule has 7 rings (SSSR count). The molecule has 0 radical (unpaired) electrons. The summed E-state index contributed by atoms with van der Waals surface area (Å²) in [5.74, 6) is 1.07. The highest BCUT2D eigenvalue weighted by Gasteiger charge is 2.20. The first-order chi connectivity index (χ1) is 16.9. The minimum atomic E-state index is 0.898. The van der Waals surface area contributed by atoms with Crippen LogP contribution in [-0.2, 0) is 0 Å². The quantitative estimate of drug-likeness (QED) is 0.281. The molecule has 4 nitrogen and oxygen atoms in total. The van der Waals surface area contributed by atoms with E-state index in [4.69, 9.17) is 4.99 Å². The van der Waals surface area contributed by atoms with Gasteiger partial charge in [-0.05, 0) is 48.9 Å². The molecule has 34 heavy (non-hydrogen) atoms. The summed E-state index contributed by atoms with van der Waals surface area (Å²) in [6, 6.07) is 30.0. The second-order valence-electron chi connectivity index (χ2n) is 8.67. The topological polar surface area (TPSA) is 35.1 Å². The summed E-state index contributed by atoms with van der Waals surface area (Å²) < 4.78 is 4.66. The Morgan fingerprint density at radius 1 is 0.765 bits per heavy atom. The number of nitrogens with zero attached hydrogens (tertiary/aromatic N) is 4. The van der Waals surface area contributed by atoms with Gasteiger partial charge in [0, 0.05) is 52.4 Å². The van der Waals surface area contributed by atoms with E-state index in [2.05, 4.69) is 105 Å². The van der Waals surface area contributed by atoms with E-state index in [9.17, 15) is 0 Å². The van der Waals surface area contributed by atoms with Crippen LogP contribution in [0.4, 0.5) is 0 Å². The van der Waals surface area contributed by atoms with E-state index in [1.54, 1.807) is 6.20 Å². The minimum absolute atomic E-state index is 0.898. The highest BCUT2D eigenvalue weighted by atomic mass is 15.1. The number of aromatic nitrogens is 3. The lowest BCUT2D eigenvalue weighted by molar-refractivity contribution is 1.01. The Labute approximate surface area is 197 Å². The molecule has 3 aromatic carbocycles. The van der Waals surface area contributed by atoms with Crippen LogP contribution in [0.1, 0.15) is 18.4 Å². The maximum Gasteiger partial charge on any atom is 0.114 e. The van der Waals surface area contributed by atoms with Gasteiger partial charge in [0.05, 0.1) is 22.2 Å². The normalized spacial score (nSPS) is 14.0. The van der Waals surface area contributed by atoms with Crippen molar-refractivity contribution in [3.63, 3.8) is 0 Å². The fourth-order valence-electron chi connectivity index (χ4n) is 5.20. The molecule has 0 saturated carbocycles. The standard InChI is InChI=1S/C30H22N4/c1-2-9-23(10-3-1)33-19-17-21-15-16-27-29(30(21)33)24-11-4-5-13-26(24)34(27)28-14-6-12-25(32-28)22-8-7-18-31-20-22/h1-5,7-13,15-20H,6,14H2. The van der Waals surface area contributed by atoms with E-state index < -0.39 is 0 Å². The third kappa shape index (κ3) is 2.85. The van der Waals surface area contributed by atoms with Crippen molar-refractivity contribution in [1.82, 2.24) is 14.1 Å². The zero-order valence-electron chi connectivity index (χ0n) is 18.6. The fourth-order valence-corrected chi connectivity index (χ4v) is 5.20. The van der Waals surface area contributed by atoms with Crippen LogP contribution < -0.4 is 0 Å². The maximum absolute atomic E-state index is 5.14. The number of hydrogen-bond donors (Lipinski definition) is 0. The van der Waals surface area contributed by atoms with Gasteiger partial charge >= 0.3 is 0 Å². The summed E-state index contributed by atoms with van der Waals surface area (Å²) in [6.45, 7) is 0. The third-order valence-corrected chi connectivity index (χ3v) is 6.69. The van der Waals surface area contributed by atoms with Crippen LogP contribution in [0, 0.1) is 0 Å². The Balaban J connectivity index is 1.54. The van der Waals surface area contributed by atoms with Crippen LogP contribution in [0.3, 0.4) is 0 Å². The molecule has 3 aromatic heterocycles. The molecule has 0 spiro atoms. The number of pyridine rings is 1. The van der Waals surface area contributed by atoms with Gasteiger partial charge in [0.25, 0.3) is 0 Å². The average molecular weight is 439 g/mol. The Bertz CT molecular complexity index is 1730. The number of fused-ring (bicyclic) bond motifs is 5. The zero-order chi connectivity index (χ0) is 22.5. The first-order valence-corrected chi connectivity index (χ1v) is 11.7. The van der Waals surface area contributed by atoms with Crippen molar-refractivity contribution >= 4 is 44.2 Å². The van der Waals surface area contributed by atoms with Gasteiger partial charge in [-0.1, -0.05) is 48.5 Å². The number of rotatable bonds is 2. The van der Waals surface area contributed by atoms with E-state index in [-0.39, 0.29) is 0 Å². The van der Waals surface area contributed by atoms with Crippen molar-refractivity contribution in [2.45, 2.75) is 12.8 Å². The largest absolute Gasteiger partial charge is 0.316 e. The van der Waals surface area contributed by atoms with Gasteiger partial charge in [0.15, 0.2) is 0 Å². The molecule has 1 aliphatic heterocycles. The van der Waals surface area contributed by atoms with Crippen LogP contribution in [0.15, 0.2) is 115 Å². The van der Waals surface area contributed by atoms with Gasteiger partial charge in [-0.15, -0.1) is 0 Å². The van der Waals surface area contributed by atoms with Crippen molar-refractivity contribution in [2.75, 3.05) is 0 Å². The van der Waals surface area contributed by atoms with Crippen molar-refractivity contribution < 1.29 is 0 Å². The van der Waals surface area contributed by atoms with E-state index in [1.807, 2.05) is 12.3 Å². The van der Waals surface area contributed by atoms with Crippen molar-refractivity contribution in [3.8, 4) is 5.69 Å². The predicted molar refractivity (Wildman–Crippen MR) is 141 cm³/mol. The molecule has 0 aliphatic carbocycles. The summed E-state index contributed by atoms with van der Waals surface area (Å²) in [5.41, 5.74) is 6.83. The van der Waals surface area contributed by atoms with Crippen LogP contribution in [0.5, 0.6) is 0 Å². The average Bonchev–Trinajstić information content (AvgIpc) is 3.49. The van der Waals surface area contributed by atoms with Gasteiger partial charge in [0.1, 0.15) is 5.84 Å². The van der Waals surface area contributed by atoms with Gasteiger partial charge in [0.2, 0.25) is 0 Å². The second-order valence-corrected chi connectivity index (χ2v) is 8.67. The Morgan fingerprint density at radius 3 is 2.53 bits per heavy atom. The lowest BCUT2D eigenvalue weighted by Gasteiger charge is -2.16. The first-order valence-electron chi connectivity index (χ1n) is 11.7. The lowest BCUT2D eigenvalue weighted by Crippen LogP contribution is -2.14. The van der Waals surface area contributed by atoms with Gasteiger partial charge in [-0.3, -0.25) is 9.55 Å². The molecule has 0 amide bonds. The summed E-state index contributed by atoms with van der Waals surface area (Å²) >= 11 is 0. The van der Waals surface area contributed by atoms with Crippen molar-refractivity contribution in [3.05, 3.63) is 115 Å². The van der Waals surface area contributed by atoms with Crippen LogP contribution in [0.2, 0.25) is 0 Å². The number of allylic oxidation sites excluding steroid dienone is 1. The molecular weight excluding hydrogens is 416 g/mol. The highest BCUT2D eigenvalue weighted by Crippen LogP contribution is 2.37. The molecule has 4 heteroatoms. The number of para-hydroxylation sites is 2. The highest BCUT2D eigenvalue weighted by molar-refractivity contribution is 6.23. The van der Waals surface area contributed by atoms with Gasteiger partial charge in [-0.2, -0.15) is 0 Å². The maximum atomic E-state index is 5.14. The molecule has 6 aromatic rings. The molecular formula is C30H22N4. The summed E-state index contributed by atoms with van der Waals surface area (Å²) in [6.07, 6.45) is 9.94. The molecule has 0 saturated heterocycles. The van der Waals surface area contributed by atoms with E-state index in [0.29, 0.717) is 0 Å². The van der Waals surface area contributed by atoms with Crippen LogP contribution in [0.25, 0.3) is 44.1 Å². The smallest absolute Gasteiger partial charge is 0.114 e. The summed E-state index contributed by atoms with van der Waals surface area (Å²) in [4.78, 5) is 9.43. The molecule has 0 bridgehead atoms. The molecule has 4 heterocycles. The monoisotopic (exact) mass is 438 g/mol. The van der Waals surface area contributed by atoms with Gasteiger partial charge < -0.3 is 4.57 Å². The third-order valence-electron chi connectivity index (χ3n) is 6.69. The van der Waals surface area contributed by atoms with Crippen LogP contribution >= 0.6 is 0 Å². The molecule has 0 atom stereocenters. The minimum Gasteiger partial charge on any atom is -0.316 e. The second kappa shape index (κ2) is 7.56. The number of benzene rings is 3. The molecule has 0 N–H and O–H groups in total. The Kier molecular flexibility index (Phi) is 4.24. The van der Waals surface area contributed by atoms with E-state index in [0.717, 1.165) is 29.9 Å². The van der Waals surface area contributed by atoms with Crippen LogP contribution in [-0.4, -0.2) is 20.0 Å². The first kappa shape index (κ1) is 19.1. The number of hydrogen-bond acceptors (Lipinski definition) is 2. The van der Waals surface area contributed by atoms with Gasteiger partial charge in [-0.25, -0.2) is 4.99 Å². The van der Waals surface area contributed by atoms with Crippen molar-refractivity contribution in [1.29, 1.82) is 0 Å². The fraction of sp³-hybridized carbons (Fsp3) is 0.0667. The van der Waals surface area contributed by atoms with Crippen molar-refractivity contribution in [2.24, 2.45) is 4.99 Å². The summed E-state index contributed by atoms with van der Waals surface area (Å²) in [7, 11) is 0. The Morgan fingerprint density at radius 2 is 1.65 bits per heavy atom. The molecule has 1 aliphatic rings. The SMILES string of the molecule is C1=C(c2cccnc2)N=C(n2c3ccccc3c3c4c(ccc32)ccn4-c2ccccc2)CC1. The molecule has 162 valence electrons. The zero-order valence-corrected chi connectivity index (χ0v) is 18.6. The lowest BCUT2D eigenvalue weighted by atomic mass is 10.1. The number of aliphatic imine (C=N–C) groups is 1. The Hall–Kier alpha value is -4.44. The van der Waals surface area contributed by atoms with E-state index >= 15 is 0 Å². The molecule has 0 unspecified atom stereocenters. The van der Waals surface area contributed by atoms with E-state index in [1.165, 1.54) is 38.4 Å².